The molecule has 0 aromatic heterocycles. The Bertz CT molecular complexity index is 1710. The zero-order valence-electron chi connectivity index (χ0n) is 25.1. The second-order valence-corrected chi connectivity index (χ2v) is 11.1. The fourth-order valence-corrected chi connectivity index (χ4v) is 5.79. The van der Waals surface area contributed by atoms with Gasteiger partial charge in [0.2, 0.25) is 6.23 Å². The van der Waals surface area contributed by atoms with Crippen LogP contribution in [0.25, 0.3) is 0 Å². The third-order valence-corrected chi connectivity index (χ3v) is 8.01. The average Bonchev–Trinajstić information content (AvgIpc) is 3.38. The van der Waals surface area contributed by atoms with E-state index in [1.165, 1.54) is 4.90 Å². The van der Waals surface area contributed by atoms with Crippen LogP contribution in [0.4, 0.5) is 4.79 Å². The summed E-state index contributed by atoms with van der Waals surface area (Å²) in [6.45, 7) is -0.0260. The summed E-state index contributed by atoms with van der Waals surface area (Å²) >= 11 is 0. The van der Waals surface area contributed by atoms with Gasteiger partial charge in [-0.3, -0.25) is 9.69 Å². The van der Waals surface area contributed by atoms with E-state index in [9.17, 15) is 14.4 Å². The fraction of sp³-hybridized carbons (Fsp3) is 0.154. The van der Waals surface area contributed by atoms with Crippen molar-refractivity contribution in [3.63, 3.8) is 0 Å². The summed E-state index contributed by atoms with van der Waals surface area (Å²) < 4.78 is 18.0. The maximum atomic E-state index is 14.2. The molecule has 2 atom stereocenters. The standard InChI is InChI=1S/C39H33NO6/c41-34(45-35(31-20-10-3-11-21-31)32-22-12-4-13-23-32)27-39(26-29-16-6-1-7-17-29)37(42)46-36(33-24-14-5-15-25-33)40(39)38(43)44-28-30-18-8-2-9-19-30/h1-25,35-36H,26-28H2/t36-,39+/m0/s1. The summed E-state index contributed by atoms with van der Waals surface area (Å²) in [6, 6.07) is 46.3. The van der Waals surface area contributed by atoms with Crippen molar-refractivity contribution >= 4 is 18.0 Å². The maximum Gasteiger partial charge on any atom is 0.414 e. The van der Waals surface area contributed by atoms with Gasteiger partial charge in [-0.15, -0.1) is 0 Å². The number of amides is 1. The van der Waals surface area contributed by atoms with Gasteiger partial charge in [-0.05, 0) is 22.3 Å². The van der Waals surface area contributed by atoms with E-state index in [-0.39, 0.29) is 13.0 Å². The maximum absolute atomic E-state index is 14.2. The summed E-state index contributed by atoms with van der Waals surface area (Å²) in [5, 5.41) is 0. The van der Waals surface area contributed by atoms with Crippen LogP contribution in [-0.4, -0.2) is 28.5 Å². The van der Waals surface area contributed by atoms with Crippen molar-refractivity contribution < 1.29 is 28.6 Å². The normalized spacial score (nSPS) is 17.4. The Morgan fingerprint density at radius 3 is 1.70 bits per heavy atom. The first-order valence-electron chi connectivity index (χ1n) is 15.1. The Morgan fingerprint density at radius 1 is 0.674 bits per heavy atom. The summed E-state index contributed by atoms with van der Waals surface area (Å²) in [4.78, 5) is 43.6. The van der Waals surface area contributed by atoms with Crippen molar-refractivity contribution in [1.29, 1.82) is 0 Å². The van der Waals surface area contributed by atoms with Crippen LogP contribution in [0.1, 0.15) is 46.6 Å². The van der Waals surface area contributed by atoms with E-state index in [1.54, 1.807) is 24.3 Å². The topological polar surface area (TPSA) is 82.1 Å². The minimum atomic E-state index is -1.76. The predicted octanol–water partition coefficient (Wildman–Crippen LogP) is 7.59. The highest BCUT2D eigenvalue weighted by molar-refractivity contribution is 5.93. The highest BCUT2D eigenvalue weighted by Crippen LogP contribution is 2.43. The molecule has 7 nitrogen and oxygen atoms in total. The molecule has 1 fully saturated rings. The zero-order valence-corrected chi connectivity index (χ0v) is 25.1. The van der Waals surface area contributed by atoms with E-state index in [0.717, 1.165) is 22.3 Å². The van der Waals surface area contributed by atoms with Crippen LogP contribution in [0.3, 0.4) is 0 Å². The number of ether oxygens (including phenoxy) is 3. The van der Waals surface area contributed by atoms with Gasteiger partial charge in [0, 0.05) is 12.0 Å². The second kappa shape index (κ2) is 13.9. The highest BCUT2D eigenvalue weighted by Gasteiger charge is 2.60. The van der Waals surface area contributed by atoms with Crippen molar-refractivity contribution in [1.82, 2.24) is 4.90 Å². The summed E-state index contributed by atoms with van der Waals surface area (Å²) in [7, 11) is 0. The average molecular weight is 612 g/mol. The lowest BCUT2D eigenvalue weighted by atomic mass is 9.86. The number of nitrogens with zero attached hydrogens (tertiary/aromatic N) is 1. The van der Waals surface area contributed by atoms with Crippen molar-refractivity contribution in [2.45, 2.75) is 37.3 Å². The molecular weight excluding hydrogens is 578 g/mol. The van der Waals surface area contributed by atoms with Crippen molar-refractivity contribution in [2.24, 2.45) is 0 Å². The van der Waals surface area contributed by atoms with Gasteiger partial charge in [-0.25, -0.2) is 9.59 Å². The lowest BCUT2D eigenvalue weighted by molar-refractivity contribution is -0.155. The zero-order chi connectivity index (χ0) is 31.8. The smallest absolute Gasteiger partial charge is 0.414 e. The van der Waals surface area contributed by atoms with Gasteiger partial charge < -0.3 is 14.2 Å². The molecule has 0 aliphatic carbocycles. The van der Waals surface area contributed by atoms with Crippen molar-refractivity contribution in [3.8, 4) is 0 Å². The Kier molecular flexibility index (Phi) is 9.20. The molecule has 0 saturated carbocycles. The van der Waals surface area contributed by atoms with Gasteiger partial charge in [-0.2, -0.15) is 0 Å². The molecule has 1 aliphatic heterocycles. The Balaban J connectivity index is 1.39. The Morgan fingerprint density at radius 2 is 1.15 bits per heavy atom. The van der Waals surface area contributed by atoms with E-state index in [4.69, 9.17) is 14.2 Å². The van der Waals surface area contributed by atoms with Gasteiger partial charge in [0.1, 0.15) is 6.61 Å². The molecule has 5 aromatic rings. The largest absolute Gasteiger partial charge is 0.452 e. The molecule has 1 amide bonds. The van der Waals surface area contributed by atoms with Crippen molar-refractivity contribution in [2.75, 3.05) is 0 Å². The van der Waals surface area contributed by atoms with Gasteiger partial charge in [0.25, 0.3) is 0 Å². The molecular formula is C39H33NO6. The minimum absolute atomic E-state index is 0.00683. The number of cyclic esters (lactones) is 1. The molecule has 1 saturated heterocycles. The third kappa shape index (κ3) is 6.69. The second-order valence-electron chi connectivity index (χ2n) is 11.1. The number of carbonyl (C=O) groups excluding carboxylic acids is 3. The minimum Gasteiger partial charge on any atom is -0.452 e. The number of hydrogen-bond donors (Lipinski definition) is 0. The number of benzene rings is 5. The van der Waals surface area contributed by atoms with Gasteiger partial charge >= 0.3 is 18.0 Å². The van der Waals surface area contributed by atoms with Crippen LogP contribution in [0.5, 0.6) is 0 Å². The highest BCUT2D eigenvalue weighted by atomic mass is 16.6. The first-order valence-corrected chi connectivity index (χ1v) is 15.1. The number of rotatable bonds is 10. The van der Waals surface area contributed by atoms with Crippen LogP contribution in [0.15, 0.2) is 152 Å². The van der Waals surface area contributed by atoms with Crippen LogP contribution in [0.2, 0.25) is 0 Å². The Hall–Kier alpha value is -5.69. The molecule has 1 aliphatic rings. The Labute approximate surface area is 268 Å². The fourth-order valence-electron chi connectivity index (χ4n) is 5.79. The van der Waals surface area contributed by atoms with E-state index >= 15 is 0 Å². The van der Waals surface area contributed by atoms with Crippen LogP contribution in [0, 0.1) is 0 Å². The molecule has 0 N–H and O–H groups in total. The SMILES string of the molecule is O=C(C[C@]1(Cc2ccccc2)C(=O)O[C@@H](c2ccccc2)N1C(=O)OCc1ccccc1)OC(c1ccccc1)c1ccccc1. The van der Waals surface area contributed by atoms with E-state index < -0.39 is 42.3 Å². The third-order valence-electron chi connectivity index (χ3n) is 8.01. The lowest BCUT2D eigenvalue weighted by Gasteiger charge is -2.35. The first-order chi connectivity index (χ1) is 22.5. The number of carbonyl (C=O) groups is 3. The molecule has 46 heavy (non-hydrogen) atoms. The van der Waals surface area contributed by atoms with Gasteiger partial charge in [-0.1, -0.05) is 152 Å². The van der Waals surface area contributed by atoms with Crippen LogP contribution < -0.4 is 0 Å². The van der Waals surface area contributed by atoms with E-state index in [2.05, 4.69) is 0 Å². The summed E-state index contributed by atoms with van der Waals surface area (Å²) in [5.41, 5.74) is 1.88. The molecule has 0 unspecified atom stereocenters. The predicted molar refractivity (Wildman–Crippen MR) is 172 cm³/mol. The monoisotopic (exact) mass is 611 g/mol. The van der Waals surface area contributed by atoms with Crippen LogP contribution in [-0.2, 0) is 36.8 Å². The molecule has 0 radical (unpaired) electrons. The van der Waals surface area contributed by atoms with Gasteiger partial charge in [0.05, 0.1) is 6.42 Å². The van der Waals surface area contributed by atoms with Crippen LogP contribution >= 0.6 is 0 Å². The summed E-state index contributed by atoms with van der Waals surface area (Å²) in [5.74, 6) is -1.38. The molecule has 5 aromatic carbocycles. The van der Waals surface area contributed by atoms with Crippen molar-refractivity contribution in [3.05, 3.63) is 179 Å². The van der Waals surface area contributed by atoms with E-state index in [1.807, 2.05) is 127 Å². The molecule has 230 valence electrons. The first kappa shape index (κ1) is 30.3. The molecule has 6 rings (SSSR count). The quantitative estimate of drug-likeness (QED) is 0.120. The van der Waals surface area contributed by atoms with Gasteiger partial charge in [0.15, 0.2) is 11.6 Å². The molecule has 1 heterocycles. The molecule has 7 heteroatoms. The number of esters is 2. The summed E-state index contributed by atoms with van der Waals surface area (Å²) in [6.07, 6.45) is -3.08. The molecule has 0 spiro atoms. The lowest BCUT2D eigenvalue weighted by Crippen LogP contribution is -2.55. The number of hydrogen-bond acceptors (Lipinski definition) is 6. The molecule has 0 bridgehead atoms. The van der Waals surface area contributed by atoms with E-state index in [0.29, 0.717) is 5.56 Å².